The third-order valence-corrected chi connectivity index (χ3v) is 31.9. The summed E-state index contributed by atoms with van der Waals surface area (Å²) in [4.78, 5) is 78.5. The molecule has 0 unspecified atom stereocenters. The molecule has 24 aromatic carbocycles. The minimum Gasteiger partial charge on any atom is -0.289 e. The number of halogens is 10. The van der Waals surface area contributed by atoms with Crippen LogP contribution in [0.4, 0.5) is 0 Å². The van der Waals surface area contributed by atoms with Crippen LogP contribution in [0.3, 0.4) is 0 Å². The summed E-state index contributed by atoms with van der Waals surface area (Å²) < 4.78 is 9.37. The SMILES string of the molecule is Cc1cc2c(cc1Br)c(=O)c1cc(Br)c(Br)cc1c1ccccc21.Cc1cc2c(cc1Br)c(=O)c1cc(Br)ccc1c1ccccc21.Cc1ccc2c(=O)c3cc(Br)ccc3c3ccccc3c2c1.Cc1ccc2c(=O)c3ccc(Br)cc3c3ccccc3c2c1.O=c1c2cccc(Br)c2c2ccccc2c2c(Br)cccc12.O=c1c2ccccc2c2ccccc2c2c(Br)cccc12. The number of rotatable bonds is 0. The highest BCUT2D eigenvalue weighted by atomic mass is 79.9. The Morgan fingerprint density at radius 2 is 0.321 bits per heavy atom. The third kappa shape index (κ3) is 17.3. The molecule has 0 N–H and O–H groups in total. The number of hydrogen-bond acceptors (Lipinski definition) is 6. The quantitative estimate of drug-likeness (QED) is 0.150. The first-order chi connectivity index (χ1) is 64.8. The normalized spacial score (nSPS) is 11.4. The molecule has 0 bridgehead atoms. The van der Waals surface area contributed by atoms with E-state index in [0.717, 1.165) is 255 Å². The van der Waals surface area contributed by atoms with Crippen molar-refractivity contribution >= 4 is 353 Å². The molecule has 0 heterocycles. The van der Waals surface area contributed by atoms with Crippen LogP contribution in [0.1, 0.15) is 22.3 Å². The van der Waals surface area contributed by atoms with Crippen molar-refractivity contribution < 1.29 is 0 Å². The molecule has 648 valence electrons. The van der Waals surface area contributed by atoms with E-state index in [1.807, 2.05) is 269 Å². The van der Waals surface area contributed by atoms with E-state index in [1.165, 1.54) is 0 Å². The molecule has 0 fully saturated rings. The van der Waals surface area contributed by atoms with E-state index in [-0.39, 0.29) is 32.6 Å². The van der Waals surface area contributed by atoms with E-state index in [4.69, 9.17) is 0 Å². The van der Waals surface area contributed by atoms with Crippen molar-refractivity contribution in [2.75, 3.05) is 0 Å². The van der Waals surface area contributed by atoms with Crippen molar-refractivity contribution in [3.8, 4) is 0 Å². The lowest BCUT2D eigenvalue weighted by molar-refractivity contribution is 1.47. The summed E-state index contributed by atoms with van der Waals surface area (Å²) in [5.41, 5.74) is 4.99. The molecule has 24 aromatic rings. The van der Waals surface area contributed by atoms with E-state index < -0.39 is 0 Å². The van der Waals surface area contributed by atoms with Gasteiger partial charge < -0.3 is 0 Å². The van der Waals surface area contributed by atoms with Crippen molar-refractivity contribution in [1.82, 2.24) is 0 Å². The zero-order valence-electron chi connectivity index (χ0n) is 71.7. The highest BCUT2D eigenvalue weighted by molar-refractivity contribution is 9.13. The van der Waals surface area contributed by atoms with Gasteiger partial charge in [0.1, 0.15) is 0 Å². The first-order valence-corrected chi connectivity index (χ1v) is 50.7. The van der Waals surface area contributed by atoms with E-state index in [9.17, 15) is 28.8 Å². The second kappa shape index (κ2) is 38.5. The van der Waals surface area contributed by atoms with Gasteiger partial charge >= 0.3 is 0 Å². The van der Waals surface area contributed by atoms with Gasteiger partial charge in [0, 0.05) is 126 Å². The topological polar surface area (TPSA) is 102 Å². The van der Waals surface area contributed by atoms with Crippen LogP contribution in [0.15, 0.2) is 425 Å². The Bertz CT molecular complexity index is 9360. The monoisotopic (exact) mass is 2370 g/mol. The van der Waals surface area contributed by atoms with Crippen LogP contribution in [0.2, 0.25) is 0 Å². The standard InChI is InChI=1S/C20H11Br3O.C20H12Br2O.2C20H13BrO.C19H10Br2O.C19H11BrO/c1-10-6-13-11-4-2-3-5-12(11)14-7-18(22)19(23)9-16(14)20(24)15(13)8-17(10)21;1-11-8-16-14-5-3-2-4-13(14)15-7-6-12(21)9-17(15)20(23)18(16)10-19(11)22;1-12-6-8-17-18(10-12)15-5-3-2-4-14(15)16-9-7-13(21)11-19(16)20(17)22;1-12-6-8-16-18(10-12)14-4-2-3-5-15(14)19-11-13(21)7-9-17(19)20(16)22;20-15-9-3-7-13-17(15)11-5-1-2-6-12(11)18-14(19(13)22)8-4-10-16(18)21;20-17-11-5-10-16-18(17)14-8-3-1-6-12(14)13-7-2-4-9-15(13)19(16)21/h2-9H,1H3;2-10H,1H3;2*2-11H,1H3;1-10H;1-11H. The van der Waals surface area contributed by atoms with E-state index >= 15 is 0 Å². The van der Waals surface area contributed by atoms with E-state index in [0.29, 0.717) is 5.39 Å². The highest BCUT2D eigenvalue weighted by Gasteiger charge is 2.20. The summed E-state index contributed by atoms with van der Waals surface area (Å²) in [6.07, 6.45) is 0. The van der Waals surface area contributed by atoms with Crippen molar-refractivity contribution in [1.29, 1.82) is 0 Å². The average molecular weight is 2380 g/mol. The van der Waals surface area contributed by atoms with Crippen LogP contribution >= 0.6 is 159 Å². The van der Waals surface area contributed by atoms with Crippen LogP contribution in [-0.2, 0) is 0 Å². The minimum absolute atomic E-state index is 0.0464. The smallest absolute Gasteiger partial charge is 0.194 e. The molecular weight excluding hydrogens is 2310 g/mol. The van der Waals surface area contributed by atoms with Gasteiger partial charge in [-0.15, -0.1) is 0 Å². The summed E-state index contributed by atoms with van der Waals surface area (Å²) >= 11 is 35.5. The largest absolute Gasteiger partial charge is 0.289 e. The van der Waals surface area contributed by atoms with Gasteiger partial charge in [-0.25, -0.2) is 0 Å². The molecule has 134 heavy (non-hydrogen) atoms. The molecular formula is C118H70Br10O6. The molecule has 0 atom stereocenters. The molecule has 0 aromatic heterocycles. The molecule has 0 amide bonds. The Balaban J connectivity index is 0.000000103. The zero-order valence-corrected chi connectivity index (χ0v) is 87.6. The van der Waals surface area contributed by atoms with Crippen LogP contribution in [-0.4, -0.2) is 0 Å². The summed E-state index contributed by atoms with van der Waals surface area (Å²) in [7, 11) is 0. The molecule has 6 nitrogen and oxygen atoms in total. The van der Waals surface area contributed by atoms with E-state index in [1.54, 1.807) is 0 Å². The Morgan fingerprint density at radius 1 is 0.134 bits per heavy atom. The van der Waals surface area contributed by atoms with Gasteiger partial charge in [-0.2, -0.15) is 0 Å². The number of aryl methyl sites for hydroxylation is 4. The van der Waals surface area contributed by atoms with Crippen LogP contribution in [0.25, 0.3) is 194 Å². The van der Waals surface area contributed by atoms with Gasteiger partial charge in [-0.05, 0) is 281 Å². The second-order valence-electron chi connectivity index (χ2n) is 33.1. The first-order valence-electron chi connectivity index (χ1n) is 42.8. The molecule has 0 aliphatic carbocycles. The molecule has 0 saturated heterocycles. The molecule has 0 aliphatic heterocycles. The maximum atomic E-state index is 13.3. The molecule has 0 aliphatic rings. The predicted molar refractivity (Wildman–Crippen MR) is 607 cm³/mol. The number of hydrogen-bond donors (Lipinski definition) is 0. The summed E-state index contributed by atoms with van der Waals surface area (Å²) in [5.74, 6) is 0. The fraction of sp³-hybridized carbons (Fsp3) is 0.0339. The lowest BCUT2D eigenvalue weighted by Gasteiger charge is -2.02. The van der Waals surface area contributed by atoms with Crippen molar-refractivity contribution in [2.45, 2.75) is 27.7 Å². The molecule has 0 radical (unpaired) electrons. The lowest BCUT2D eigenvalue weighted by Crippen LogP contribution is -1.99. The van der Waals surface area contributed by atoms with Crippen molar-refractivity contribution in [3.05, 3.63) is 480 Å². The summed E-state index contributed by atoms with van der Waals surface area (Å²) in [5, 5.41) is 34.0. The predicted octanol–water partition coefficient (Wildman–Crippen LogP) is 35.9. The Morgan fingerprint density at radius 3 is 0.672 bits per heavy atom. The molecule has 16 heteroatoms. The van der Waals surface area contributed by atoms with Crippen molar-refractivity contribution in [3.63, 3.8) is 0 Å². The second-order valence-corrected chi connectivity index (χ2v) is 41.8. The number of fused-ring (bicyclic) bond motifs is 30. The maximum Gasteiger partial charge on any atom is 0.194 e. The zero-order chi connectivity index (χ0) is 93.3. The van der Waals surface area contributed by atoms with E-state index in [2.05, 4.69) is 270 Å². The van der Waals surface area contributed by atoms with Gasteiger partial charge in [0.05, 0.1) is 0 Å². The van der Waals surface area contributed by atoms with Crippen molar-refractivity contribution in [2.24, 2.45) is 0 Å². The van der Waals surface area contributed by atoms with Crippen LogP contribution in [0, 0.1) is 27.7 Å². The van der Waals surface area contributed by atoms with Gasteiger partial charge in [-0.1, -0.05) is 393 Å². The fourth-order valence-electron chi connectivity index (χ4n) is 18.5. The third-order valence-electron chi connectivity index (χ3n) is 24.8. The molecule has 0 spiro atoms. The Hall–Kier alpha value is -11.2. The van der Waals surface area contributed by atoms with Gasteiger partial charge in [0.15, 0.2) is 32.6 Å². The molecule has 24 rings (SSSR count). The van der Waals surface area contributed by atoms with Crippen LogP contribution in [0.5, 0.6) is 0 Å². The first kappa shape index (κ1) is 91.9. The highest BCUT2D eigenvalue weighted by Crippen LogP contribution is 2.42. The Kier molecular flexibility index (Phi) is 26.4. The van der Waals surface area contributed by atoms with Crippen LogP contribution < -0.4 is 32.6 Å². The van der Waals surface area contributed by atoms with Gasteiger partial charge in [-0.3, -0.25) is 28.8 Å². The minimum atomic E-state index is 0.0464. The molecule has 0 saturated carbocycles. The average Bonchev–Trinajstić information content (AvgIpc) is 1.62. The fourth-order valence-corrected chi connectivity index (χ4v) is 22.7. The number of benzene rings is 18. The lowest BCUT2D eigenvalue weighted by atomic mass is 10.0. The maximum absolute atomic E-state index is 13.3. The summed E-state index contributed by atoms with van der Waals surface area (Å²) in [6.45, 7) is 8.21. The Labute approximate surface area is 851 Å². The van der Waals surface area contributed by atoms with Gasteiger partial charge in [0.25, 0.3) is 0 Å². The van der Waals surface area contributed by atoms with Gasteiger partial charge in [0.2, 0.25) is 0 Å². The summed E-state index contributed by atoms with van der Waals surface area (Å²) in [6, 6.07) is 116.